The summed E-state index contributed by atoms with van der Waals surface area (Å²) in [6, 6.07) is 9.76. The molecule has 8 nitrogen and oxygen atoms in total. The number of amides is 1. The molecule has 0 saturated carbocycles. The van der Waals surface area contributed by atoms with Crippen LogP contribution in [0.3, 0.4) is 0 Å². The Morgan fingerprint density at radius 1 is 1.19 bits per heavy atom. The minimum absolute atomic E-state index is 0.0687. The number of aliphatic carboxylic acids is 1. The molecular formula is C18H17N2O6-. The number of nitro benzene ring substituents is 1. The third kappa shape index (κ3) is 4.56. The quantitative estimate of drug-likeness (QED) is 0.592. The molecule has 0 saturated heterocycles. The number of carboxylic acids is 1. The van der Waals surface area contributed by atoms with E-state index in [2.05, 4.69) is 5.32 Å². The van der Waals surface area contributed by atoms with Gasteiger partial charge in [0.05, 0.1) is 18.1 Å². The van der Waals surface area contributed by atoms with Crippen molar-refractivity contribution in [1.29, 1.82) is 0 Å². The van der Waals surface area contributed by atoms with E-state index < -0.39 is 29.3 Å². The summed E-state index contributed by atoms with van der Waals surface area (Å²) >= 11 is 0. The Morgan fingerprint density at radius 3 is 2.38 bits per heavy atom. The molecule has 0 aromatic heterocycles. The molecule has 0 radical (unpaired) electrons. The number of nitrogens with one attached hydrogen (secondary N) is 1. The summed E-state index contributed by atoms with van der Waals surface area (Å²) in [5.41, 5.74) is 0.857. The van der Waals surface area contributed by atoms with Crippen LogP contribution in [0, 0.1) is 17.0 Å². The van der Waals surface area contributed by atoms with Gasteiger partial charge in [0.2, 0.25) is 0 Å². The van der Waals surface area contributed by atoms with Crippen LogP contribution in [0.2, 0.25) is 0 Å². The first-order valence-electron chi connectivity index (χ1n) is 7.71. The maximum absolute atomic E-state index is 12.4. The number of methoxy groups -OCH3 is 1. The van der Waals surface area contributed by atoms with Crippen molar-refractivity contribution in [2.45, 2.75) is 19.4 Å². The fraction of sp³-hybridized carbons (Fsp3) is 0.222. The van der Waals surface area contributed by atoms with Crippen LogP contribution < -0.4 is 15.2 Å². The number of nitro groups is 1. The Bertz CT molecular complexity index is 832. The van der Waals surface area contributed by atoms with Crippen LogP contribution >= 0.6 is 0 Å². The zero-order chi connectivity index (χ0) is 19.3. The van der Waals surface area contributed by atoms with Crippen molar-refractivity contribution >= 4 is 17.6 Å². The maximum Gasteiger partial charge on any atom is 0.273 e. The van der Waals surface area contributed by atoms with Crippen LogP contribution in [0.5, 0.6) is 5.75 Å². The Morgan fingerprint density at radius 2 is 1.85 bits per heavy atom. The first-order chi connectivity index (χ1) is 12.3. The van der Waals surface area contributed by atoms with Crippen molar-refractivity contribution in [2.24, 2.45) is 0 Å². The van der Waals surface area contributed by atoms with E-state index in [9.17, 15) is 24.8 Å². The average Bonchev–Trinajstić information content (AvgIpc) is 2.61. The molecule has 2 aromatic carbocycles. The van der Waals surface area contributed by atoms with Gasteiger partial charge in [0, 0.05) is 29.6 Å². The lowest BCUT2D eigenvalue weighted by molar-refractivity contribution is -0.385. The van der Waals surface area contributed by atoms with Gasteiger partial charge < -0.3 is 20.0 Å². The zero-order valence-electron chi connectivity index (χ0n) is 14.2. The SMILES string of the molecule is COc1ccc(C(CC(=O)[O-])NC(=O)c2ccc(C)c([N+](=O)[O-])c2)cc1. The molecule has 2 rings (SSSR count). The van der Waals surface area contributed by atoms with E-state index >= 15 is 0 Å². The molecule has 0 bridgehead atoms. The van der Waals surface area contributed by atoms with Crippen LogP contribution in [-0.4, -0.2) is 23.9 Å². The monoisotopic (exact) mass is 357 g/mol. The van der Waals surface area contributed by atoms with E-state index in [-0.39, 0.29) is 11.3 Å². The minimum Gasteiger partial charge on any atom is -0.550 e. The molecule has 0 fully saturated rings. The summed E-state index contributed by atoms with van der Waals surface area (Å²) in [6.45, 7) is 1.57. The second-order valence-electron chi connectivity index (χ2n) is 5.63. The second-order valence-corrected chi connectivity index (χ2v) is 5.63. The van der Waals surface area contributed by atoms with Gasteiger partial charge in [-0.2, -0.15) is 0 Å². The summed E-state index contributed by atoms with van der Waals surface area (Å²) < 4.78 is 5.05. The van der Waals surface area contributed by atoms with Gasteiger partial charge in [-0.05, 0) is 30.7 Å². The smallest absolute Gasteiger partial charge is 0.273 e. The van der Waals surface area contributed by atoms with Crippen molar-refractivity contribution in [3.63, 3.8) is 0 Å². The standard InChI is InChI=1S/C18H18N2O6/c1-11-3-4-13(9-16(11)20(24)25)18(23)19-15(10-17(21)22)12-5-7-14(26-2)8-6-12/h3-9,15H,10H2,1-2H3,(H,19,23)(H,21,22)/p-1. The van der Waals surface area contributed by atoms with Crippen LogP contribution in [0.15, 0.2) is 42.5 Å². The number of aryl methyl sites for hydroxylation is 1. The molecule has 26 heavy (non-hydrogen) atoms. The van der Waals surface area contributed by atoms with E-state index in [0.717, 1.165) is 6.07 Å². The largest absolute Gasteiger partial charge is 0.550 e. The van der Waals surface area contributed by atoms with Gasteiger partial charge in [0.15, 0.2) is 0 Å². The molecule has 1 unspecified atom stereocenters. The number of carbonyl (C=O) groups is 2. The number of carboxylic acid groups (broad SMARTS) is 1. The van der Waals surface area contributed by atoms with Gasteiger partial charge in [0.1, 0.15) is 5.75 Å². The fourth-order valence-electron chi connectivity index (χ4n) is 2.44. The maximum atomic E-state index is 12.4. The number of ether oxygens (including phenoxy) is 1. The van der Waals surface area contributed by atoms with Gasteiger partial charge in [-0.3, -0.25) is 14.9 Å². The van der Waals surface area contributed by atoms with E-state index in [1.54, 1.807) is 31.2 Å². The Labute approximate surface area is 149 Å². The first-order valence-corrected chi connectivity index (χ1v) is 7.71. The van der Waals surface area contributed by atoms with E-state index in [0.29, 0.717) is 16.9 Å². The molecule has 1 amide bonds. The highest BCUT2D eigenvalue weighted by atomic mass is 16.6. The molecule has 0 heterocycles. The number of rotatable bonds is 7. The predicted octanol–water partition coefficient (Wildman–Crippen LogP) is 1.52. The number of carbonyl (C=O) groups excluding carboxylic acids is 2. The van der Waals surface area contributed by atoms with Gasteiger partial charge in [-0.25, -0.2) is 0 Å². The number of hydrogen-bond acceptors (Lipinski definition) is 6. The summed E-state index contributed by atoms with van der Waals surface area (Å²) in [5, 5.41) is 24.6. The van der Waals surface area contributed by atoms with Crippen molar-refractivity contribution in [3.8, 4) is 5.75 Å². The second kappa shape index (κ2) is 8.11. The minimum atomic E-state index is -1.33. The van der Waals surface area contributed by atoms with Crippen molar-refractivity contribution in [3.05, 3.63) is 69.3 Å². The Hall–Kier alpha value is -3.42. The van der Waals surface area contributed by atoms with Gasteiger partial charge >= 0.3 is 0 Å². The highest BCUT2D eigenvalue weighted by Crippen LogP contribution is 2.23. The molecule has 0 spiro atoms. The number of benzene rings is 2. The normalized spacial score (nSPS) is 11.5. The fourth-order valence-corrected chi connectivity index (χ4v) is 2.44. The van der Waals surface area contributed by atoms with Crippen LogP contribution in [0.4, 0.5) is 5.69 Å². The highest BCUT2D eigenvalue weighted by Gasteiger charge is 2.19. The third-order valence-electron chi connectivity index (χ3n) is 3.86. The molecule has 1 atom stereocenters. The van der Waals surface area contributed by atoms with Crippen molar-refractivity contribution in [1.82, 2.24) is 5.32 Å². The summed E-state index contributed by atoms with van der Waals surface area (Å²) in [6.07, 6.45) is -0.438. The molecule has 0 aliphatic rings. The lowest BCUT2D eigenvalue weighted by Crippen LogP contribution is -2.34. The third-order valence-corrected chi connectivity index (χ3v) is 3.86. The summed E-state index contributed by atoms with van der Waals surface area (Å²) in [4.78, 5) is 33.9. The van der Waals surface area contributed by atoms with Gasteiger partial charge in [-0.1, -0.05) is 18.2 Å². The van der Waals surface area contributed by atoms with Gasteiger partial charge in [0.25, 0.3) is 11.6 Å². The Balaban J connectivity index is 2.27. The molecule has 8 heteroatoms. The lowest BCUT2D eigenvalue weighted by atomic mass is 10.0. The molecule has 136 valence electrons. The molecule has 0 aliphatic heterocycles. The summed E-state index contributed by atoms with van der Waals surface area (Å²) in [5.74, 6) is -1.36. The van der Waals surface area contributed by atoms with E-state index in [1.807, 2.05) is 0 Å². The van der Waals surface area contributed by atoms with Crippen molar-refractivity contribution < 1.29 is 24.4 Å². The summed E-state index contributed by atoms with van der Waals surface area (Å²) in [7, 11) is 1.50. The number of hydrogen-bond donors (Lipinski definition) is 1. The molecule has 0 aliphatic carbocycles. The van der Waals surface area contributed by atoms with E-state index in [1.165, 1.54) is 19.2 Å². The van der Waals surface area contributed by atoms with Crippen molar-refractivity contribution in [2.75, 3.05) is 7.11 Å². The van der Waals surface area contributed by atoms with E-state index in [4.69, 9.17) is 4.74 Å². The van der Waals surface area contributed by atoms with Gasteiger partial charge in [-0.15, -0.1) is 0 Å². The zero-order valence-corrected chi connectivity index (χ0v) is 14.2. The highest BCUT2D eigenvalue weighted by molar-refractivity contribution is 5.95. The van der Waals surface area contributed by atoms with Crippen LogP contribution in [-0.2, 0) is 4.79 Å². The predicted molar refractivity (Wildman–Crippen MR) is 90.7 cm³/mol. The number of nitrogens with zero attached hydrogens (tertiary/aromatic N) is 1. The molecule has 2 aromatic rings. The molecular weight excluding hydrogens is 340 g/mol. The van der Waals surface area contributed by atoms with Crippen LogP contribution in [0.25, 0.3) is 0 Å². The van der Waals surface area contributed by atoms with Crippen LogP contribution in [0.1, 0.15) is 33.9 Å². The topological polar surface area (TPSA) is 122 Å². The first kappa shape index (κ1) is 18.9. The lowest BCUT2D eigenvalue weighted by Gasteiger charge is -2.20. The Kier molecular flexibility index (Phi) is 5.90. The molecule has 1 N–H and O–H groups in total. The average molecular weight is 357 g/mol.